The second-order valence-corrected chi connectivity index (χ2v) is 9.18. The number of carbonyl (C=O) groups is 2. The first-order valence-corrected chi connectivity index (χ1v) is 10.8. The Balaban J connectivity index is 1.46. The van der Waals surface area contributed by atoms with E-state index < -0.39 is 0 Å². The average Bonchev–Trinajstić information content (AvgIpc) is 3.03. The van der Waals surface area contributed by atoms with Crippen LogP contribution in [0.25, 0.3) is 0 Å². The van der Waals surface area contributed by atoms with Crippen LogP contribution in [0, 0.1) is 5.92 Å². The molecule has 0 aliphatic carbocycles. The lowest BCUT2D eigenvalue weighted by atomic mass is 10.0. The van der Waals surface area contributed by atoms with Gasteiger partial charge in [0.2, 0.25) is 11.8 Å². The van der Waals surface area contributed by atoms with Gasteiger partial charge < -0.3 is 19.7 Å². The van der Waals surface area contributed by atoms with E-state index >= 15 is 0 Å². The molecule has 27 heavy (non-hydrogen) atoms. The summed E-state index contributed by atoms with van der Waals surface area (Å²) in [5.41, 5.74) is 0. The molecule has 1 atom stereocenters. The Morgan fingerprint density at radius 1 is 1.33 bits per heavy atom. The molecule has 0 bridgehead atoms. The summed E-state index contributed by atoms with van der Waals surface area (Å²) in [6.07, 6.45) is 6.53. The van der Waals surface area contributed by atoms with Gasteiger partial charge in [-0.1, -0.05) is 25.6 Å². The van der Waals surface area contributed by atoms with E-state index in [-0.39, 0.29) is 24.4 Å². The van der Waals surface area contributed by atoms with Crippen LogP contribution in [0.1, 0.15) is 33.1 Å². The molecule has 0 aromatic carbocycles. The standard InChI is InChI=1S/C19H31N5O2S/c1-14(2)12-16-18(26)24(11-7-20-16)13-17(25)23-8-4-15(5-9-23)27-19-21-6-10-22(19)3/h6,10,14-16,20H,4-5,7-9,11-13H2,1-3H3. The van der Waals surface area contributed by atoms with E-state index in [4.69, 9.17) is 0 Å². The normalized spacial score (nSPS) is 21.9. The van der Waals surface area contributed by atoms with Crippen LogP contribution in [-0.2, 0) is 16.6 Å². The zero-order valence-corrected chi connectivity index (χ0v) is 17.4. The van der Waals surface area contributed by atoms with Gasteiger partial charge in [-0.05, 0) is 25.2 Å². The Bertz CT molecular complexity index is 654. The van der Waals surface area contributed by atoms with Gasteiger partial charge in [-0.25, -0.2) is 4.98 Å². The fourth-order valence-electron chi connectivity index (χ4n) is 3.71. The number of likely N-dealkylation sites (tertiary alicyclic amines) is 1. The number of aryl methyl sites for hydroxylation is 1. The van der Waals surface area contributed by atoms with Crippen LogP contribution in [0.2, 0.25) is 0 Å². The number of aromatic nitrogens is 2. The topological polar surface area (TPSA) is 70.5 Å². The quantitative estimate of drug-likeness (QED) is 0.790. The van der Waals surface area contributed by atoms with Gasteiger partial charge in [-0.2, -0.15) is 0 Å². The number of amides is 2. The SMILES string of the molecule is CC(C)CC1NCCN(CC(=O)N2CCC(Sc3nccn3C)CC2)C1=O. The molecule has 8 heteroatoms. The summed E-state index contributed by atoms with van der Waals surface area (Å²) < 4.78 is 2.03. The van der Waals surface area contributed by atoms with Gasteiger partial charge in [-0.15, -0.1) is 0 Å². The zero-order chi connectivity index (χ0) is 19.4. The molecule has 3 rings (SSSR count). The van der Waals surface area contributed by atoms with E-state index in [0.717, 1.165) is 44.1 Å². The first kappa shape index (κ1) is 20.2. The third-order valence-corrected chi connectivity index (χ3v) is 6.67. The molecule has 7 nitrogen and oxygen atoms in total. The molecule has 1 N–H and O–H groups in total. The third kappa shape index (κ3) is 5.25. The zero-order valence-electron chi connectivity index (χ0n) is 16.6. The van der Waals surface area contributed by atoms with Crippen molar-refractivity contribution in [2.75, 3.05) is 32.7 Å². The van der Waals surface area contributed by atoms with Crippen LogP contribution < -0.4 is 5.32 Å². The fourth-order valence-corrected chi connectivity index (χ4v) is 4.80. The summed E-state index contributed by atoms with van der Waals surface area (Å²) in [5, 5.41) is 4.81. The van der Waals surface area contributed by atoms with Crippen molar-refractivity contribution < 1.29 is 9.59 Å². The van der Waals surface area contributed by atoms with Crippen molar-refractivity contribution in [2.24, 2.45) is 13.0 Å². The molecule has 2 saturated heterocycles. The second kappa shape index (κ2) is 9.10. The van der Waals surface area contributed by atoms with Crippen molar-refractivity contribution in [3.63, 3.8) is 0 Å². The van der Waals surface area contributed by atoms with Gasteiger partial charge in [0.25, 0.3) is 0 Å². The number of imidazole rings is 1. The van der Waals surface area contributed by atoms with Crippen LogP contribution in [0.4, 0.5) is 0 Å². The van der Waals surface area contributed by atoms with Crippen LogP contribution in [0.15, 0.2) is 17.6 Å². The minimum atomic E-state index is -0.147. The van der Waals surface area contributed by atoms with E-state index in [2.05, 4.69) is 24.1 Å². The first-order chi connectivity index (χ1) is 12.9. The molecule has 0 radical (unpaired) electrons. The van der Waals surface area contributed by atoms with Gasteiger partial charge in [0.15, 0.2) is 5.16 Å². The van der Waals surface area contributed by atoms with Crippen LogP contribution >= 0.6 is 11.8 Å². The number of nitrogens with one attached hydrogen (secondary N) is 1. The third-order valence-electron chi connectivity index (χ3n) is 5.26. The molecule has 1 aromatic heterocycles. The van der Waals surface area contributed by atoms with Crippen LogP contribution in [0.3, 0.4) is 0 Å². The maximum Gasteiger partial charge on any atom is 0.242 e. The van der Waals surface area contributed by atoms with E-state index in [1.807, 2.05) is 28.9 Å². The number of thioether (sulfide) groups is 1. The molecule has 2 amide bonds. The Kier molecular flexibility index (Phi) is 6.81. The summed E-state index contributed by atoms with van der Waals surface area (Å²) >= 11 is 1.79. The highest BCUT2D eigenvalue weighted by Gasteiger charge is 2.32. The minimum Gasteiger partial charge on any atom is -0.341 e. The van der Waals surface area contributed by atoms with E-state index in [9.17, 15) is 9.59 Å². The largest absolute Gasteiger partial charge is 0.341 e. The molecule has 150 valence electrons. The highest BCUT2D eigenvalue weighted by Crippen LogP contribution is 2.29. The van der Waals surface area contributed by atoms with Gasteiger partial charge in [0, 0.05) is 50.9 Å². The highest BCUT2D eigenvalue weighted by molar-refractivity contribution is 7.99. The Morgan fingerprint density at radius 3 is 2.70 bits per heavy atom. The number of piperazine rings is 1. The molecular weight excluding hydrogens is 362 g/mol. The molecule has 1 aromatic rings. The number of hydrogen-bond acceptors (Lipinski definition) is 5. The van der Waals surface area contributed by atoms with Crippen molar-refractivity contribution in [3.8, 4) is 0 Å². The van der Waals surface area contributed by atoms with Crippen molar-refractivity contribution in [1.29, 1.82) is 0 Å². The number of nitrogens with zero attached hydrogens (tertiary/aromatic N) is 4. The Morgan fingerprint density at radius 2 is 2.07 bits per heavy atom. The van der Waals surface area contributed by atoms with Crippen LogP contribution in [-0.4, -0.2) is 75.2 Å². The maximum atomic E-state index is 12.7. The van der Waals surface area contributed by atoms with E-state index in [0.29, 0.717) is 17.7 Å². The summed E-state index contributed by atoms with van der Waals surface area (Å²) in [6.45, 7) is 7.35. The number of hydrogen-bond donors (Lipinski definition) is 1. The van der Waals surface area contributed by atoms with Gasteiger partial charge in [0.05, 0.1) is 12.6 Å². The van der Waals surface area contributed by atoms with E-state index in [1.54, 1.807) is 16.7 Å². The minimum absolute atomic E-state index is 0.0727. The predicted octanol–water partition coefficient (Wildman–Crippen LogP) is 1.35. The van der Waals surface area contributed by atoms with Gasteiger partial charge in [0.1, 0.15) is 0 Å². The molecule has 0 saturated carbocycles. The monoisotopic (exact) mass is 393 g/mol. The van der Waals surface area contributed by atoms with Crippen molar-refractivity contribution in [3.05, 3.63) is 12.4 Å². The Labute approximate surface area is 165 Å². The summed E-state index contributed by atoms with van der Waals surface area (Å²) in [4.78, 5) is 33.4. The molecule has 1 unspecified atom stereocenters. The van der Waals surface area contributed by atoms with Crippen molar-refractivity contribution in [2.45, 2.75) is 49.6 Å². The molecular formula is C19H31N5O2S. The lowest BCUT2D eigenvalue weighted by Crippen LogP contribution is -2.57. The lowest BCUT2D eigenvalue weighted by Gasteiger charge is -2.36. The van der Waals surface area contributed by atoms with Crippen molar-refractivity contribution in [1.82, 2.24) is 24.7 Å². The van der Waals surface area contributed by atoms with Crippen molar-refractivity contribution >= 4 is 23.6 Å². The molecule has 3 heterocycles. The summed E-state index contributed by atoms with van der Waals surface area (Å²) in [7, 11) is 2.00. The van der Waals surface area contributed by atoms with Crippen LogP contribution in [0.5, 0.6) is 0 Å². The highest BCUT2D eigenvalue weighted by atomic mass is 32.2. The number of piperidine rings is 1. The van der Waals surface area contributed by atoms with Gasteiger partial charge in [-0.3, -0.25) is 9.59 Å². The summed E-state index contributed by atoms with van der Waals surface area (Å²) in [5.74, 6) is 0.606. The second-order valence-electron chi connectivity index (χ2n) is 7.91. The maximum absolute atomic E-state index is 12.7. The fraction of sp³-hybridized carbons (Fsp3) is 0.737. The number of rotatable bonds is 6. The summed E-state index contributed by atoms with van der Waals surface area (Å²) in [6, 6.07) is -0.147. The van der Waals surface area contributed by atoms with Gasteiger partial charge >= 0.3 is 0 Å². The molecule has 2 aliphatic rings. The average molecular weight is 394 g/mol. The molecule has 2 fully saturated rings. The predicted molar refractivity (Wildman–Crippen MR) is 106 cm³/mol. The smallest absolute Gasteiger partial charge is 0.242 e. The van der Waals surface area contributed by atoms with E-state index in [1.165, 1.54) is 0 Å². The first-order valence-electron chi connectivity index (χ1n) is 9.88. The lowest BCUT2D eigenvalue weighted by molar-refractivity contribution is -0.144. The molecule has 0 spiro atoms. The number of carbonyl (C=O) groups excluding carboxylic acids is 2. The Hall–Kier alpha value is -1.54. The molecule has 2 aliphatic heterocycles.